The number of hydrogen-bond acceptors (Lipinski definition) is 1. The van der Waals surface area contributed by atoms with E-state index in [0.717, 1.165) is 10.0 Å². The van der Waals surface area contributed by atoms with Gasteiger partial charge in [0.15, 0.2) is 0 Å². The fourth-order valence-corrected chi connectivity index (χ4v) is 2.59. The van der Waals surface area contributed by atoms with Gasteiger partial charge in [0.25, 0.3) is 0 Å². The van der Waals surface area contributed by atoms with Crippen LogP contribution in [0.4, 0.5) is 8.78 Å². The Hall–Kier alpha value is -0.970. The van der Waals surface area contributed by atoms with Crippen molar-refractivity contribution in [3.05, 3.63) is 68.7 Å². The Balaban J connectivity index is 1.96. The molecule has 0 aromatic heterocycles. The summed E-state index contributed by atoms with van der Waals surface area (Å²) < 4.78 is 28.0. The largest absolute Gasteiger partial charge is 0.310 e. The quantitative estimate of drug-likeness (QED) is 0.767. The topological polar surface area (TPSA) is 12.0 Å². The lowest BCUT2D eigenvalue weighted by Crippen LogP contribution is -2.28. The zero-order chi connectivity index (χ0) is 15.4. The average Bonchev–Trinajstić information content (AvgIpc) is 2.44. The summed E-state index contributed by atoms with van der Waals surface area (Å²) in [6.07, 6.45) is 0.299. The first-order chi connectivity index (χ1) is 9.97. The highest BCUT2D eigenvalue weighted by molar-refractivity contribution is 9.10. The minimum atomic E-state index is -0.502. The third kappa shape index (κ3) is 4.50. The van der Waals surface area contributed by atoms with Crippen LogP contribution in [-0.2, 0) is 13.0 Å². The van der Waals surface area contributed by atoms with E-state index in [4.69, 9.17) is 11.6 Å². The van der Waals surface area contributed by atoms with Crippen LogP contribution in [0.5, 0.6) is 0 Å². The molecular weight excluding hydrogens is 360 g/mol. The third-order valence-electron chi connectivity index (χ3n) is 3.21. The Bertz CT molecular complexity index is 613. The van der Waals surface area contributed by atoms with Crippen LogP contribution < -0.4 is 5.32 Å². The Morgan fingerprint density at radius 1 is 1.19 bits per heavy atom. The van der Waals surface area contributed by atoms with E-state index in [2.05, 4.69) is 21.2 Å². The van der Waals surface area contributed by atoms with Crippen LogP contribution in [0, 0.1) is 11.6 Å². The molecule has 112 valence electrons. The molecule has 0 heterocycles. The first-order valence-corrected chi connectivity index (χ1v) is 7.74. The molecule has 0 saturated heterocycles. The van der Waals surface area contributed by atoms with Crippen LogP contribution in [0.25, 0.3) is 0 Å². The molecule has 1 atom stereocenters. The van der Waals surface area contributed by atoms with Crippen LogP contribution in [0.2, 0.25) is 5.02 Å². The lowest BCUT2D eigenvalue weighted by molar-refractivity contribution is 0.499. The summed E-state index contributed by atoms with van der Waals surface area (Å²) in [5, 5.41) is 3.90. The highest BCUT2D eigenvalue weighted by atomic mass is 79.9. The van der Waals surface area contributed by atoms with E-state index in [0.29, 0.717) is 18.0 Å². The van der Waals surface area contributed by atoms with Crippen molar-refractivity contribution < 1.29 is 8.78 Å². The highest BCUT2D eigenvalue weighted by Crippen LogP contribution is 2.23. The van der Waals surface area contributed by atoms with E-state index < -0.39 is 11.6 Å². The molecule has 1 nitrogen and oxygen atoms in total. The molecule has 2 aromatic carbocycles. The van der Waals surface area contributed by atoms with Gasteiger partial charge in [0.05, 0.1) is 5.02 Å². The van der Waals surface area contributed by atoms with Crippen molar-refractivity contribution in [1.29, 1.82) is 0 Å². The second-order valence-corrected chi connectivity index (χ2v) is 6.20. The third-order valence-corrected chi connectivity index (χ3v) is 4.42. The number of benzene rings is 2. The van der Waals surface area contributed by atoms with Gasteiger partial charge < -0.3 is 5.32 Å². The first kappa shape index (κ1) is 16.4. The molecule has 0 fully saturated rings. The van der Waals surface area contributed by atoms with Crippen molar-refractivity contribution in [1.82, 2.24) is 5.32 Å². The minimum absolute atomic E-state index is 0.0501. The molecule has 0 aliphatic heterocycles. The van der Waals surface area contributed by atoms with E-state index >= 15 is 0 Å². The molecule has 0 bridgehead atoms. The van der Waals surface area contributed by atoms with Crippen LogP contribution in [0.1, 0.15) is 18.1 Å². The fraction of sp³-hybridized carbons (Fsp3) is 0.250. The fourth-order valence-electron chi connectivity index (χ4n) is 2.05. The molecule has 0 saturated carbocycles. The summed E-state index contributed by atoms with van der Waals surface area (Å²) in [5.41, 5.74) is 1.17. The van der Waals surface area contributed by atoms with Crippen molar-refractivity contribution >= 4 is 27.5 Å². The van der Waals surface area contributed by atoms with E-state index in [1.165, 1.54) is 18.2 Å². The van der Waals surface area contributed by atoms with E-state index in [9.17, 15) is 8.78 Å². The number of rotatable bonds is 5. The van der Waals surface area contributed by atoms with Crippen molar-refractivity contribution in [2.45, 2.75) is 25.9 Å². The zero-order valence-corrected chi connectivity index (χ0v) is 13.8. The van der Waals surface area contributed by atoms with Crippen molar-refractivity contribution in [3.63, 3.8) is 0 Å². The molecular formula is C16H15BrClF2N. The molecule has 0 spiro atoms. The standard InChI is InChI=1S/C16H15BrClF2N/c1-10(7-12-15(19)3-2-4-16(12)20)21-9-11-5-6-14(18)13(17)8-11/h2-6,8,10,21H,7,9H2,1H3. The molecule has 2 rings (SSSR count). The lowest BCUT2D eigenvalue weighted by Gasteiger charge is -2.15. The predicted molar refractivity (Wildman–Crippen MR) is 85.5 cm³/mol. The van der Waals surface area contributed by atoms with Gasteiger partial charge in [-0.05, 0) is 59.1 Å². The Labute approximate surface area is 136 Å². The molecule has 0 radical (unpaired) electrons. The summed E-state index contributed by atoms with van der Waals surface area (Å²) >= 11 is 9.30. The maximum absolute atomic E-state index is 13.6. The summed E-state index contributed by atoms with van der Waals surface area (Å²) in [5.74, 6) is -1.00. The zero-order valence-electron chi connectivity index (χ0n) is 11.5. The van der Waals surface area contributed by atoms with Gasteiger partial charge in [0, 0.05) is 22.6 Å². The van der Waals surface area contributed by atoms with Crippen LogP contribution in [-0.4, -0.2) is 6.04 Å². The molecule has 21 heavy (non-hydrogen) atoms. The van der Waals surface area contributed by atoms with E-state index in [1.807, 2.05) is 25.1 Å². The van der Waals surface area contributed by atoms with Gasteiger partial charge in [0.1, 0.15) is 11.6 Å². The second-order valence-electron chi connectivity index (χ2n) is 4.93. The minimum Gasteiger partial charge on any atom is -0.310 e. The van der Waals surface area contributed by atoms with E-state index in [1.54, 1.807) is 0 Å². The SMILES string of the molecule is CC(Cc1c(F)cccc1F)NCc1ccc(Cl)c(Br)c1. The smallest absolute Gasteiger partial charge is 0.129 e. The van der Waals surface area contributed by atoms with Crippen molar-refractivity contribution in [2.24, 2.45) is 0 Å². The Morgan fingerprint density at radius 2 is 1.86 bits per heavy atom. The van der Waals surface area contributed by atoms with Gasteiger partial charge in [-0.2, -0.15) is 0 Å². The predicted octanol–water partition coefficient (Wildman–Crippen LogP) is 5.10. The van der Waals surface area contributed by atoms with Gasteiger partial charge in [-0.3, -0.25) is 0 Å². The summed E-state index contributed by atoms with van der Waals surface area (Å²) in [6.45, 7) is 2.50. The van der Waals surface area contributed by atoms with Crippen LogP contribution in [0.3, 0.4) is 0 Å². The van der Waals surface area contributed by atoms with Gasteiger partial charge in [0.2, 0.25) is 0 Å². The molecule has 1 unspecified atom stereocenters. The monoisotopic (exact) mass is 373 g/mol. The first-order valence-electron chi connectivity index (χ1n) is 6.57. The molecule has 5 heteroatoms. The normalized spacial score (nSPS) is 12.4. The van der Waals surface area contributed by atoms with Crippen LogP contribution >= 0.6 is 27.5 Å². The van der Waals surface area contributed by atoms with Gasteiger partial charge in [-0.15, -0.1) is 0 Å². The van der Waals surface area contributed by atoms with E-state index in [-0.39, 0.29) is 11.6 Å². The van der Waals surface area contributed by atoms with Crippen molar-refractivity contribution in [2.75, 3.05) is 0 Å². The highest BCUT2D eigenvalue weighted by Gasteiger charge is 2.12. The maximum Gasteiger partial charge on any atom is 0.129 e. The summed E-state index contributed by atoms with van der Waals surface area (Å²) in [4.78, 5) is 0. The summed E-state index contributed by atoms with van der Waals surface area (Å²) in [6, 6.07) is 9.53. The summed E-state index contributed by atoms with van der Waals surface area (Å²) in [7, 11) is 0. The van der Waals surface area contributed by atoms with Gasteiger partial charge >= 0.3 is 0 Å². The van der Waals surface area contributed by atoms with Crippen LogP contribution in [0.15, 0.2) is 40.9 Å². The molecule has 0 amide bonds. The Kier molecular flexibility index (Phi) is 5.73. The Morgan fingerprint density at radius 3 is 2.48 bits per heavy atom. The second kappa shape index (κ2) is 7.34. The maximum atomic E-state index is 13.6. The van der Waals surface area contributed by atoms with Gasteiger partial charge in [-0.1, -0.05) is 23.7 Å². The number of nitrogens with one attached hydrogen (secondary N) is 1. The van der Waals surface area contributed by atoms with Crippen molar-refractivity contribution in [3.8, 4) is 0 Å². The lowest BCUT2D eigenvalue weighted by atomic mass is 10.1. The molecule has 1 N–H and O–H groups in total. The number of halogens is 4. The van der Waals surface area contributed by atoms with Gasteiger partial charge in [-0.25, -0.2) is 8.78 Å². The molecule has 0 aliphatic rings. The molecule has 2 aromatic rings. The molecule has 0 aliphatic carbocycles. The number of hydrogen-bond donors (Lipinski definition) is 1. The average molecular weight is 375 g/mol.